The zero-order valence-electron chi connectivity index (χ0n) is 10.6. The van der Waals surface area contributed by atoms with Gasteiger partial charge in [0.1, 0.15) is 0 Å². The molecule has 4 heteroatoms. The predicted octanol–water partition coefficient (Wildman–Crippen LogP) is 2.88. The zero-order chi connectivity index (χ0) is 13.1. The first kappa shape index (κ1) is 13.4. The Morgan fingerprint density at radius 1 is 1.50 bits per heavy atom. The zero-order valence-corrected chi connectivity index (χ0v) is 12.2. The first-order valence-electron chi connectivity index (χ1n) is 6.31. The predicted molar refractivity (Wildman–Crippen MR) is 77.4 cm³/mol. The highest BCUT2D eigenvalue weighted by Gasteiger charge is 2.23. The van der Waals surface area contributed by atoms with E-state index >= 15 is 0 Å². The van der Waals surface area contributed by atoms with Crippen LogP contribution in [0.5, 0.6) is 0 Å². The first-order chi connectivity index (χ1) is 8.60. The second kappa shape index (κ2) is 5.73. The molecule has 2 atom stereocenters. The third-order valence-corrected chi connectivity index (χ3v) is 4.04. The van der Waals surface area contributed by atoms with Crippen molar-refractivity contribution in [1.29, 1.82) is 5.26 Å². The average Bonchev–Trinajstić information content (AvgIpc) is 2.38. The highest BCUT2D eigenvalue weighted by atomic mass is 79.9. The van der Waals surface area contributed by atoms with Crippen molar-refractivity contribution in [3.8, 4) is 6.07 Å². The second-order valence-electron chi connectivity index (χ2n) is 5.02. The van der Waals surface area contributed by atoms with E-state index in [1.165, 1.54) is 12.8 Å². The molecule has 1 heterocycles. The standard InChI is InChI=1S/C14H18BrN3/c1-10(17)12-3-2-4-18(9-12)14-6-11(8-16)5-13(15)7-14/h5-7,10,12H,2-4,9,17H2,1H3. The molecule has 0 aliphatic carbocycles. The summed E-state index contributed by atoms with van der Waals surface area (Å²) in [6.45, 7) is 4.11. The van der Waals surface area contributed by atoms with Gasteiger partial charge in [-0.3, -0.25) is 0 Å². The number of nitriles is 1. The van der Waals surface area contributed by atoms with Gasteiger partial charge in [-0.25, -0.2) is 0 Å². The molecule has 1 fully saturated rings. The molecule has 96 valence electrons. The molecule has 0 aromatic heterocycles. The van der Waals surface area contributed by atoms with Crippen LogP contribution in [0.15, 0.2) is 22.7 Å². The Hall–Kier alpha value is -1.05. The van der Waals surface area contributed by atoms with Crippen LogP contribution in [-0.2, 0) is 0 Å². The van der Waals surface area contributed by atoms with Gasteiger partial charge in [0.25, 0.3) is 0 Å². The Morgan fingerprint density at radius 2 is 2.28 bits per heavy atom. The summed E-state index contributed by atoms with van der Waals surface area (Å²) in [6.07, 6.45) is 2.37. The van der Waals surface area contributed by atoms with Gasteiger partial charge in [0.05, 0.1) is 11.6 Å². The highest BCUT2D eigenvalue weighted by molar-refractivity contribution is 9.10. The largest absolute Gasteiger partial charge is 0.371 e. The molecule has 0 bridgehead atoms. The van der Waals surface area contributed by atoms with Crippen molar-refractivity contribution in [3.05, 3.63) is 28.2 Å². The summed E-state index contributed by atoms with van der Waals surface area (Å²) in [5, 5.41) is 9.02. The minimum atomic E-state index is 0.232. The Balaban J connectivity index is 2.21. The number of halogens is 1. The van der Waals surface area contributed by atoms with E-state index in [0.29, 0.717) is 11.5 Å². The smallest absolute Gasteiger partial charge is 0.0992 e. The van der Waals surface area contributed by atoms with Crippen molar-refractivity contribution in [2.24, 2.45) is 11.7 Å². The Kier molecular flexibility index (Phi) is 4.26. The van der Waals surface area contributed by atoms with Crippen LogP contribution in [-0.4, -0.2) is 19.1 Å². The van der Waals surface area contributed by atoms with E-state index in [-0.39, 0.29) is 6.04 Å². The van der Waals surface area contributed by atoms with Crippen LogP contribution >= 0.6 is 15.9 Å². The van der Waals surface area contributed by atoms with Gasteiger partial charge in [-0.1, -0.05) is 15.9 Å². The number of piperidine rings is 1. The van der Waals surface area contributed by atoms with Gasteiger partial charge in [-0.2, -0.15) is 5.26 Å². The molecular formula is C14H18BrN3. The third-order valence-electron chi connectivity index (χ3n) is 3.58. The van der Waals surface area contributed by atoms with Crippen molar-refractivity contribution < 1.29 is 0 Å². The Morgan fingerprint density at radius 3 is 2.94 bits per heavy atom. The number of hydrogen-bond donors (Lipinski definition) is 1. The van der Waals surface area contributed by atoms with Crippen LogP contribution in [0.25, 0.3) is 0 Å². The molecule has 2 N–H and O–H groups in total. The van der Waals surface area contributed by atoms with Gasteiger partial charge in [0.15, 0.2) is 0 Å². The van der Waals surface area contributed by atoms with Gasteiger partial charge < -0.3 is 10.6 Å². The molecule has 0 spiro atoms. The van der Waals surface area contributed by atoms with Crippen molar-refractivity contribution in [2.75, 3.05) is 18.0 Å². The van der Waals surface area contributed by atoms with Crippen LogP contribution in [0.3, 0.4) is 0 Å². The van der Waals surface area contributed by atoms with Crippen LogP contribution in [0.1, 0.15) is 25.3 Å². The van der Waals surface area contributed by atoms with E-state index in [4.69, 9.17) is 11.0 Å². The van der Waals surface area contributed by atoms with E-state index < -0.39 is 0 Å². The molecule has 2 rings (SSSR count). The molecule has 1 aromatic carbocycles. The lowest BCUT2D eigenvalue weighted by Crippen LogP contribution is -2.42. The Labute approximate surface area is 117 Å². The lowest BCUT2D eigenvalue weighted by atomic mass is 9.92. The van der Waals surface area contributed by atoms with Crippen LogP contribution in [0.2, 0.25) is 0 Å². The SMILES string of the molecule is CC(N)C1CCCN(c2cc(Br)cc(C#N)c2)C1. The lowest BCUT2D eigenvalue weighted by molar-refractivity contribution is 0.364. The number of benzene rings is 1. The summed E-state index contributed by atoms with van der Waals surface area (Å²) >= 11 is 3.46. The van der Waals surface area contributed by atoms with Gasteiger partial charge in [-0.05, 0) is 43.9 Å². The molecule has 3 nitrogen and oxygen atoms in total. The fraction of sp³-hybridized carbons (Fsp3) is 0.500. The molecular weight excluding hydrogens is 290 g/mol. The van der Waals surface area contributed by atoms with Crippen LogP contribution in [0.4, 0.5) is 5.69 Å². The molecule has 0 saturated carbocycles. The van der Waals surface area contributed by atoms with E-state index in [2.05, 4.69) is 39.9 Å². The summed E-state index contributed by atoms with van der Waals surface area (Å²) in [6, 6.07) is 8.30. The van der Waals surface area contributed by atoms with E-state index in [1.807, 2.05) is 12.1 Å². The number of nitrogens with two attached hydrogens (primary N) is 1. The monoisotopic (exact) mass is 307 g/mol. The molecule has 0 amide bonds. The van der Waals surface area contributed by atoms with E-state index in [9.17, 15) is 0 Å². The number of anilines is 1. The molecule has 1 aromatic rings. The van der Waals surface area contributed by atoms with Gasteiger partial charge in [0, 0.05) is 29.3 Å². The molecule has 1 aliphatic heterocycles. The average molecular weight is 308 g/mol. The second-order valence-corrected chi connectivity index (χ2v) is 5.93. The van der Waals surface area contributed by atoms with Crippen LogP contribution in [0, 0.1) is 17.2 Å². The Bertz CT molecular complexity index is 465. The summed E-state index contributed by atoms with van der Waals surface area (Å²) < 4.78 is 0.958. The molecule has 18 heavy (non-hydrogen) atoms. The highest BCUT2D eigenvalue weighted by Crippen LogP contribution is 2.27. The molecule has 0 radical (unpaired) electrons. The maximum absolute atomic E-state index is 9.02. The van der Waals surface area contributed by atoms with Crippen molar-refractivity contribution in [3.63, 3.8) is 0 Å². The maximum Gasteiger partial charge on any atom is 0.0992 e. The number of nitrogens with zero attached hydrogens (tertiary/aromatic N) is 2. The van der Waals surface area contributed by atoms with E-state index in [0.717, 1.165) is 23.2 Å². The quantitative estimate of drug-likeness (QED) is 0.914. The minimum Gasteiger partial charge on any atom is -0.371 e. The lowest BCUT2D eigenvalue weighted by Gasteiger charge is -2.36. The van der Waals surface area contributed by atoms with Crippen molar-refractivity contribution >= 4 is 21.6 Å². The fourth-order valence-corrected chi connectivity index (χ4v) is 2.98. The van der Waals surface area contributed by atoms with E-state index in [1.54, 1.807) is 0 Å². The normalized spacial score (nSPS) is 21.4. The molecule has 2 unspecified atom stereocenters. The van der Waals surface area contributed by atoms with Crippen molar-refractivity contribution in [2.45, 2.75) is 25.8 Å². The fourth-order valence-electron chi connectivity index (χ4n) is 2.49. The van der Waals surface area contributed by atoms with Gasteiger partial charge in [-0.15, -0.1) is 0 Å². The topological polar surface area (TPSA) is 53.0 Å². The minimum absolute atomic E-state index is 0.232. The summed E-state index contributed by atoms with van der Waals surface area (Å²) in [4.78, 5) is 2.34. The van der Waals surface area contributed by atoms with Crippen LogP contribution < -0.4 is 10.6 Å². The summed E-state index contributed by atoms with van der Waals surface area (Å²) in [5.41, 5.74) is 7.82. The summed E-state index contributed by atoms with van der Waals surface area (Å²) in [5.74, 6) is 0.545. The number of hydrogen-bond acceptors (Lipinski definition) is 3. The maximum atomic E-state index is 9.02. The summed E-state index contributed by atoms with van der Waals surface area (Å²) in [7, 11) is 0. The van der Waals surface area contributed by atoms with Crippen molar-refractivity contribution in [1.82, 2.24) is 0 Å². The van der Waals surface area contributed by atoms with Gasteiger partial charge >= 0.3 is 0 Å². The first-order valence-corrected chi connectivity index (χ1v) is 7.10. The van der Waals surface area contributed by atoms with Gasteiger partial charge in [0.2, 0.25) is 0 Å². The molecule has 1 aliphatic rings. The third kappa shape index (κ3) is 3.04. The molecule has 1 saturated heterocycles. The number of rotatable bonds is 2.